The molecule has 0 N–H and O–H groups in total. The molecule has 0 heterocycles. The van der Waals surface area contributed by atoms with E-state index in [1.807, 2.05) is 32.9 Å². The SMILES string of the molecule is CCC(C)(C)Oc1ccc(C(C)(CC)c2ccc(OC(=O)C(C)(C)CC)cc2)cc1. The van der Waals surface area contributed by atoms with E-state index < -0.39 is 5.41 Å². The highest BCUT2D eigenvalue weighted by Crippen LogP contribution is 2.37. The normalized spacial score (nSPS) is 14.1. The third kappa shape index (κ3) is 5.44. The lowest BCUT2D eigenvalue weighted by Gasteiger charge is -2.31. The molecule has 0 aliphatic rings. The Hall–Kier alpha value is -2.29. The van der Waals surface area contributed by atoms with Gasteiger partial charge in [-0.1, -0.05) is 52.0 Å². The van der Waals surface area contributed by atoms with Gasteiger partial charge in [-0.15, -0.1) is 0 Å². The van der Waals surface area contributed by atoms with Crippen molar-refractivity contribution >= 4 is 5.97 Å². The molecule has 0 aliphatic carbocycles. The summed E-state index contributed by atoms with van der Waals surface area (Å²) in [4.78, 5) is 12.3. The third-order valence-corrected chi connectivity index (χ3v) is 6.58. The smallest absolute Gasteiger partial charge is 0.316 e. The van der Waals surface area contributed by atoms with E-state index in [2.05, 4.69) is 71.0 Å². The number of ether oxygens (including phenoxy) is 2. The minimum Gasteiger partial charge on any atom is -0.488 e. The van der Waals surface area contributed by atoms with Crippen LogP contribution in [0.1, 0.15) is 85.8 Å². The van der Waals surface area contributed by atoms with Crippen LogP contribution >= 0.6 is 0 Å². The van der Waals surface area contributed by atoms with Crippen molar-refractivity contribution in [2.45, 2.75) is 85.7 Å². The molecule has 0 saturated heterocycles. The number of benzene rings is 2. The minimum absolute atomic E-state index is 0.135. The molecule has 0 spiro atoms. The Balaban J connectivity index is 2.22. The summed E-state index contributed by atoms with van der Waals surface area (Å²) < 4.78 is 11.7. The second kappa shape index (κ2) is 9.24. The quantitative estimate of drug-likeness (QED) is 0.321. The fraction of sp³-hybridized carbons (Fsp3) is 0.519. The van der Waals surface area contributed by atoms with E-state index in [9.17, 15) is 4.79 Å². The molecule has 164 valence electrons. The molecule has 0 fully saturated rings. The highest BCUT2D eigenvalue weighted by molar-refractivity contribution is 5.78. The van der Waals surface area contributed by atoms with Gasteiger partial charge in [-0.2, -0.15) is 0 Å². The summed E-state index contributed by atoms with van der Waals surface area (Å²) in [6.07, 6.45) is 2.65. The van der Waals surface area contributed by atoms with Crippen molar-refractivity contribution in [3.8, 4) is 11.5 Å². The monoisotopic (exact) mass is 410 g/mol. The van der Waals surface area contributed by atoms with Crippen molar-refractivity contribution in [1.29, 1.82) is 0 Å². The summed E-state index contributed by atoms with van der Waals surface area (Å²) in [5.74, 6) is 1.29. The molecular formula is C27H38O3. The Kier molecular flexibility index (Phi) is 7.39. The molecule has 1 atom stereocenters. The Morgan fingerprint density at radius 3 is 1.57 bits per heavy atom. The molecule has 0 saturated carbocycles. The molecule has 0 radical (unpaired) electrons. The van der Waals surface area contributed by atoms with Gasteiger partial charge in [0.2, 0.25) is 0 Å². The standard InChI is InChI=1S/C27H38O3/c1-9-25(4,5)24(28)29-22-16-12-20(13-17-22)27(8,11-3)21-14-18-23(19-15-21)30-26(6,7)10-2/h12-19H,9-11H2,1-8H3. The van der Waals surface area contributed by atoms with Crippen LogP contribution in [0.15, 0.2) is 48.5 Å². The van der Waals surface area contributed by atoms with E-state index in [1.165, 1.54) is 11.1 Å². The summed E-state index contributed by atoms with van der Waals surface area (Å²) in [7, 11) is 0. The van der Waals surface area contributed by atoms with E-state index in [1.54, 1.807) is 0 Å². The fourth-order valence-corrected chi connectivity index (χ4v) is 3.14. The van der Waals surface area contributed by atoms with E-state index in [4.69, 9.17) is 9.47 Å². The van der Waals surface area contributed by atoms with Crippen LogP contribution in [-0.4, -0.2) is 11.6 Å². The largest absolute Gasteiger partial charge is 0.488 e. The topological polar surface area (TPSA) is 35.5 Å². The highest BCUT2D eigenvalue weighted by atomic mass is 16.5. The summed E-state index contributed by atoms with van der Waals surface area (Å²) in [6, 6.07) is 16.4. The molecule has 3 nitrogen and oxygen atoms in total. The van der Waals surface area contributed by atoms with E-state index in [-0.39, 0.29) is 17.0 Å². The zero-order chi connectivity index (χ0) is 22.6. The maximum atomic E-state index is 12.3. The summed E-state index contributed by atoms with van der Waals surface area (Å²) >= 11 is 0. The molecule has 2 aromatic carbocycles. The second-order valence-corrected chi connectivity index (χ2v) is 9.58. The number of rotatable bonds is 9. The average Bonchev–Trinajstić information content (AvgIpc) is 2.74. The predicted octanol–water partition coefficient (Wildman–Crippen LogP) is 7.31. The first-order valence-corrected chi connectivity index (χ1v) is 11.1. The van der Waals surface area contributed by atoms with Crippen molar-refractivity contribution in [2.24, 2.45) is 5.41 Å². The first kappa shape index (κ1) is 24.0. The molecule has 2 rings (SSSR count). The zero-order valence-corrected chi connectivity index (χ0v) is 20.0. The van der Waals surface area contributed by atoms with Gasteiger partial charge < -0.3 is 9.47 Å². The maximum absolute atomic E-state index is 12.3. The molecule has 0 bridgehead atoms. The lowest BCUT2D eigenvalue weighted by Crippen LogP contribution is -2.28. The molecular weight excluding hydrogens is 372 g/mol. The van der Waals surface area contributed by atoms with Crippen LogP contribution in [0, 0.1) is 5.41 Å². The number of esters is 1. The van der Waals surface area contributed by atoms with Crippen LogP contribution in [0.4, 0.5) is 0 Å². The lowest BCUT2D eigenvalue weighted by molar-refractivity contribution is -0.144. The van der Waals surface area contributed by atoms with Crippen molar-refractivity contribution in [2.75, 3.05) is 0 Å². The van der Waals surface area contributed by atoms with Gasteiger partial charge in [-0.3, -0.25) is 4.79 Å². The van der Waals surface area contributed by atoms with Crippen molar-refractivity contribution in [1.82, 2.24) is 0 Å². The van der Waals surface area contributed by atoms with Gasteiger partial charge in [0, 0.05) is 5.41 Å². The molecule has 30 heavy (non-hydrogen) atoms. The van der Waals surface area contributed by atoms with Crippen LogP contribution in [0.25, 0.3) is 0 Å². The zero-order valence-electron chi connectivity index (χ0n) is 20.0. The number of hydrogen-bond acceptors (Lipinski definition) is 3. The van der Waals surface area contributed by atoms with Gasteiger partial charge in [0.1, 0.15) is 17.1 Å². The van der Waals surface area contributed by atoms with E-state index >= 15 is 0 Å². The van der Waals surface area contributed by atoms with Crippen LogP contribution < -0.4 is 9.47 Å². The molecule has 0 amide bonds. The van der Waals surface area contributed by atoms with E-state index in [0.717, 1.165) is 25.0 Å². The summed E-state index contributed by atoms with van der Waals surface area (Å²) in [5.41, 5.74) is 1.65. The van der Waals surface area contributed by atoms with Crippen molar-refractivity contribution in [3.05, 3.63) is 59.7 Å². The summed E-state index contributed by atoms with van der Waals surface area (Å²) in [6.45, 7) is 16.6. The third-order valence-electron chi connectivity index (χ3n) is 6.58. The molecule has 0 aliphatic heterocycles. The van der Waals surface area contributed by atoms with Gasteiger partial charge in [-0.05, 0) is 82.3 Å². The van der Waals surface area contributed by atoms with Gasteiger partial charge in [0.15, 0.2) is 0 Å². The van der Waals surface area contributed by atoms with Crippen LogP contribution in [-0.2, 0) is 10.2 Å². The maximum Gasteiger partial charge on any atom is 0.316 e. The highest BCUT2D eigenvalue weighted by Gasteiger charge is 2.29. The van der Waals surface area contributed by atoms with Gasteiger partial charge >= 0.3 is 5.97 Å². The summed E-state index contributed by atoms with van der Waals surface area (Å²) in [5, 5.41) is 0. The first-order valence-electron chi connectivity index (χ1n) is 11.1. The Morgan fingerprint density at radius 1 is 0.700 bits per heavy atom. The number of carbonyl (C=O) groups is 1. The Morgan fingerprint density at radius 2 is 1.17 bits per heavy atom. The fourth-order valence-electron chi connectivity index (χ4n) is 3.14. The van der Waals surface area contributed by atoms with E-state index in [0.29, 0.717) is 5.75 Å². The van der Waals surface area contributed by atoms with Crippen LogP contribution in [0.3, 0.4) is 0 Å². The van der Waals surface area contributed by atoms with Gasteiger partial charge in [0.05, 0.1) is 5.41 Å². The molecule has 3 heteroatoms. The lowest BCUT2D eigenvalue weighted by atomic mass is 9.74. The minimum atomic E-state index is -0.479. The Bertz CT molecular complexity index is 831. The second-order valence-electron chi connectivity index (χ2n) is 9.58. The predicted molar refractivity (Wildman–Crippen MR) is 124 cm³/mol. The molecule has 2 aromatic rings. The van der Waals surface area contributed by atoms with Crippen molar-refractivity contribution in [3.63, 3.8) is 0 Å². The number of hydrogen-bond donors (Lipinski definition) is 0. The average molecular weight is 411 g/mol. The van der Waals surface area contributed by atoms with Gasteiger partial charge in [0.25, 0.3) is 0 Å². The van der Waals surface area contributed by atoms with Crippen LogP contribution in [0.5, 0.6) is 11.5 Å². The number of carbonyl (C=O) groups excluding carboxylic acids is 1. The molecule has 1 unspecified atom stereocenters. The van der Waals surface area contributed by atoms with Crippen molar-refractivity contribution < 1.29 is 14.3 Å². The Labute approximate surface area is 182 Å². The van der Waals surface area contributed by atoms with Crippen LogP contribution in [0.2, 0.25) is 0 Å². The first-order chi connectivity index (χ1) is 14.0. The van der Waals surface area contributed by atoms with Gasteiger partial charge in [-0.25, -0.2) is 0 Å². The molecule has 0 aromatic heterocycles.